The van der Waals surface area contributed by atoms with E-state index in [4.69, 9.17) is 4.74 Å². The van der Waals surface area contributed by atoms with Gasteiger partial charge in [0.25, 0.3) is 0 Å². The van der Waals surface area contributed by atoms with Crippen LogP contribution in [0.2, 0.25) is 0 Å². The van der Waals surface area contributed by atoms with E-state index in [1.165, 1.54) is 20.0 Å². The molecule has 1 N–H and O–H groups in total. The van der Waals surface area contributed by atoms with Gasteiger partial charge in [0.05, 0.1) is 13.0 Å². The number of methoxy groups -OCH3 is 1. The van der Waals surface area contributed by atoms with Crippen molar-refractivity contribution in [1.82, 2.24) is 5.32 Å². The Morgan fingerprint density at radius 2 is 2.15 bits per heavy atom. The Bertz CT molecular complexity index is 201. The Hall–Kier alpha value is -0.570. The molecule has 0 unspecified atom stereocenters. The molecular weight excluding hydrogens is 166 g/mol. The van der Waals surface area contributed by atoms with E-state index in [9.17, 15) is 4.79 Å². The summed E-state index contributed by atoms with van der Waals surface area (Å²) in [6.07, 6.45) is 4.67. The topological polar surface area (TPSA) is 38.3 Å². The highest BCUT2D eigenvalue weighted by Crippen LogP contribution is 2.38. The van der Waals surface area contributed by atoms with E-state index in [1.54, 1.807) is 0 Å². The van der Waals surface area contributed by atoms with Crippen LogP contribution in [0.3, 0.4) is 0 Å². The van der Waals surface area contributed by atoms with Gasteiger partial charge < -0.3 is 10.1 Å². The van der Waals surface area contributed by atoms with E-state index in [-0.39, 0.29) is 11.9 Å². The molecular formula is C10H17NO2. The van der Waals surface area contributed by atoms with E-state index < -0.39 is 0 Å². The molecule has 0 spiro atoms. The number of esters is 1. The van der Waals surface area contributed by atoms with E-state index in [2.05, 4.69) is 5.32 Å². The lowest BCUT2D eigenvalue weighted by Crippen LogP contribution is -2.46. The van der Waals surface area contributed by atoms with Crippen molar-refractivity contribution in [3.8, 4) is 0 Å². The normalized spacial score (nSPS) is 34.2. The fraction of sp³-hybridized carbons (Fsp3) is 0.900. The molecule has 0 aromatic rings. The predicted octanol–water partition coefficient (Wildman–Crippen LogP) is 0.938. The molecule has 0 radical (unpaired) electrons. The highest BCUT2D eigenvalue weighted by Gasteiger charge is 2.41. The maximum atomic E-state index is 11.4. The summed E-state index contributed by atoms with van der Waals surface area (Å²) in [7, 11) is 1.49. The van der Waals surface area contributed by atoms with Gasteiger partial charge in [-0.15, -0.1) is 0 Å². The van der Waals surface area contributed by atoms with Crippen LogP contribution in [-0.2, 0) is 9.53 Å². The van der Waals surface area contributed by atoms with Crippen molar-refractivity contribution in [2.24, 2.45) is 11.8 Å². The summed E-state index contributed by atoms with van der Waals surface area (Å²) < 4.78 is 4.82. The Balaban J connectivity index is 1.99. The highest BCUT2D eigenvalue weighted by atomic mass is 16.5. The van der Waals surface area contributed by atoms with Gasteiger partial charge in [-0.05, 0) is 38.1 Å². The molecule has 2 aliphatic rings. The van der Waals surface area contributed by atoms with Gasteiger partial charge in [0.15, 0.2) is 0 Å². The first kappa shape index (κ1) is 9.00. The van der Waals surface area contributed by atoms with E-state index in [0.29, 0.717) is 6.04 Å². The molecule has 1 aliphatic carbocycles. The minimum absolute atomic E-state index is 0.0240. The van der Waals surface area contributed by atoms with Crippen LogP contribution >= 0.6 is 0 Å². The molecule has 0 bridgehead atoms. The highest BCUT2D eigenvalue weighted by molar-refractivity contribution is 5.73. The maximum Gasteiger partial charge on any atom is 0.310 e. The molecule has 1 aliphatic heterocycles. The molecule has 13 heavy (non-hydrogen) atoms. The lowest BCUT2D eigenvalue weighted by molar-refractivity contribution is -0.147. The summed E-state index contributed by atoms with van der Waals surface area (Å²) in [5.41, 5.74) is 0. The third-order valence-electron chi connectivity index (χ3n) is 3.14. The van der Waals surface area contributed by atoms with Crippen LogP contribution < -0.4 is 5.32 Å². The Kier molecular flexibility index (Phi) is 2.54. The minimum atomic E-state index is -0.0240. The zero-order valence-electron chi connectivity index (χ0n) is 8.08. The summed E-state index contributed by atoms with van der Waals surface area (Å²) in [6.45, 7) is 1.06. The van der Waals surface area contributed by atoms with Gasteiger partial charge in [-0.25, -0.2) is 0 Å². The van der Waals surface area contributed by atoms with Crippen LogP contribution in [0.4, 0.5) is 0 Å². The summed E-state index contributed by atoms with van der Waals surface area (Å²) in [5, 5.41) is 3.45. The van der Waals surface area contributed by atoms with Crippen LogP contribution in [0.25, 0.3) is 0 Å². The Labute approximate surface area is 78.8 Å². The van der Waals surface area contributed by atoms with Crippen molar-refractivity contribution in [1.29, 1.82) is 0 Å². The average molecular weight is 183 g/mol. The van der Waals surface area contributed by atoms with E-state index >= 15 is 0 Å². The Morgan fingerprint density at radius 3 is 2.77 bits per heavy atom. The zero-order valence-corrected chi connectivity index (χ0v) is 8.08. The van der Waals surface area contributed by atoms with Gasteiger partial charge in [-0.3, -0.25) is 4.79 Å². The smallest absolute Gasteiger partial charge is 0.310 e. The third kappa shape index (κ3) is 1.85. The van der Waals surface area contributed by atoms with Crippen LogP contribution in [0.1, 0.15) is 25.7 Å². The monoisotopic (exact) mass is 183 g/mol. The zero-order chi connectivity index (χ0) is 9.26. The first-order valence-electron chi connectivity index (χ1n) is 5.14. The summed E-state index contributed by atoms with van der Waals surface area (Å²) in [4.78, 5) is 11.4. The lowest BCUT2D eigenvalue weighted by atomic mass is 9.88. The molecule has 2 fully saturated rings. The van der Waals surface area contributed by atoms with Crippen LogP contribution in [-0.4, -0.2) is 25.7 Å². The second-order valence-electron chi connectivity index (χ2n) is 4.09. The number of rotatable bonds is 2. The second kappa shape index (κ2) is 3.66. The number of ether oxygens (including phenoxy) is 1. The van der Waals surface area contributed by atoms with Crippen molar-refractivity contribution < 1.29 is 9.53 Å². The van der Waals surface area contributed by atoms with Gasteiger partial charge in [-0.2, -0.15) is 0 Å². The molecule has 1 saturated carbocycles. The van der Waals surface area contributed by atoms with Crippen LogP contribution in [0, 0.1) is 11.8 Å². The fourth-order valence-corrected chi connectivity index (χ4v) is 2.28. The lowest BCUT2D eigenvalue weighted by Gasteiger charge is -2.30. The molecule has 3 heteroatoms. The first-order chi connectivity index (χ1) is 6.33. The number of nitrogens with one attached hydrogen (secondary N) is 1. The Morgan fingerprint density at radius 1 is 1.38 bits per heavy atom. The van der Waals surface area contributed by atoms with Gasteiger partial charge in [0, 0.05) is 6.04 Å². The van der Waals surface area contributed by atoms with Crippen molar-refractivity contribution in [2.45, 2.75) is 31.7 Å². The third-order valence-corrected chi connectivity index (χ3v) is 3.14. The van der Waals surface area contributed by atoms with E-state index in [0.717, 1.165) is 25.3 Å². The minimum Gasteiger partial charge on any atom is -0.469 e. The fourth-order valence-electron chi connectivity index (χ4n) is 2.28. The van der Waals surface area contributed by atoms with Crippen molar-refractivity contribution in [2.75, 3.05) is 13.7 Å². The number of carbonyl (C=O) groups excluding carboxylic acids is 1. The van der Waals surface area contributed by atoms with E-state index in [1.807, 2.05) is 0 Å². The largest absolute Gasteiger partial charge is 0.469 e. The summed E-state index contributed by atoms with van der Waals surface area (Å²) in [5.74, 6) is 0.833. The molecule has 2 rings (SSSR count). The van der Waals surface area contributed by atoms with Crippen LogP contribution in [0.15, 0.2) is 0 Å². The molecule has 74 valence electrons. The molecule has 0 amide bonds. The van der Waals surface area contributed by atoms with Crippen molar-refractivity contribution in [3.05, 3.63) is 0 Å². The standard InChI is InChI=1S/C10H17NO2/c1-13-10(12)8-3-2-6-11-9(8)7-4-5-7/h7-9,11H,2-6H2,1H3/t8-,9-/m0/s1. The average Bonchev–Trinajstić information content (AvgIpc) is 3.00. The quantitative estimate of drug-likeness (QED) is 0.647. The molecule has 1 heterocycles. The predicted molar refractivity (Wildman–Crippen MR) is 49.3 cm³/mol. The van der Waals surface area contributed by atoms with Gasteiger partial charge >= 0.3 is 5.97 Å². The van der Waals surface area contributed by atoms with Gasteiger partial charge in [0.2, 0.25) is 0 Å². The second-order valence-corrected chi connectivity index (χ2v) is 4.09. The summed E-state index contributed by atoms with van der Waals surface area (Å²) >= 11 is 0. The molecule has 0 aromatic carbocycles. The molecule has 0 aromatic heterocycles. The van der Waals surface area contributed by atoms with Gasteiger partial charge in [0.1, 0.15) is 0 Å². The number of hydrogen-bond acceptors (Lipinski definition) is 3. The molecule has 2 atom stereocenters. The van der Waals surface area contributed by atoms with Crippen LogP contribution in [0.5, 0.6) is 0 Å². The SMILES string of the molecule is COC(=O)[C@H]1CCCN[C@H]1C1CC1. The molecule has 3 nitrogen and oxygen atoms in total. The number of hydrogen-bond donors (Lipinski definition) is 1. The van der Waals surface area contributed by atoms with Crippen molar-refractivity contribution >= 4 is 5.97 Å². The van der Waals surface area contributed by atoms with Crippen molar-refractivity contribution in [3.63, 3.8) is 0 Å². The number of carbonyl (C=O) groups is 1. The van der Waals surface area contributed by atoms with Gasteiger partial charge in [-0.1, -0.05) is 0 Å². The number of piperidine rings is 1. The first-order valence-corrected chi connectivity index (χ1v) is 5.14. The maximum absolute atomic E-state index is 11.4. The molecule has 1 saturated heterocycles. The summed E-state index contributed by atoms with van der Waals surface area (Å²) in [6, 6.07) is 0.404.